The van der Waals surface area contributed by atoms with E-state index in [9.17, 15) is 9.59 Å². The van der Waals surface area contributed by atoms with Crippen molar-refractivity contribution in [3.63, 3.8) is 0 Å². The number of likely N-dealkylation sites (tertiary alicyclic amines) is 2. The highest BCUT2D eigenvalue weighted by atomic mass is 35.5. The Balaban J connectivity index is 1.62. The number of piperidine rings is 1. The lowest BCUT2D eigenvalue weighted by Crippen LogP contribution is -2.46. The van der Waals surface area contributed by atoms with Gasteiger partial charge in [-0.3, -0.25) is 9.59 Å². The molecule has 2 fully saturated rings. The van der Waals surface area contributed by atoms with Crippen LogP contribution in [-0.4, -0.2) is 53.3 Å². The normalized spacial score (nSPS) is 24.9. The smallest absolute Gasteiger partial charge is 0.227 e. The third-order valence-electron chi connectivity index (χ3n) is 4.86. The zero-order chi connectivity index (χ0) is 15.9. The highest BCUT2D eigenvalue weighted by molar-refractivity contribution is 7.15. The molecule has 3 rings (SSSR count). The van der Waals surface area contributed by atoms with Crippen molar-refractivity contribution in [3.8, 4) is 0 Å². The summed E-state index contributed by atoms with van der Waals surface area (Å²) in [6.45, 7) is 4.19. The lowest BCUT2D eigenvalue weighted by Gasteiger charge is -2.39. The third kappa shape index (κ3) is 2.86. The van der Waals surface area contributed by atoms with Gasteiger partial charge < -0.3 is 9.80 Å². The van der Waals surface area contributed by atoms with Crippen molar-refractivity contribution in [3.05, 3.63) is 15.5 Å². The summed E-state index contributed by atoms with van der Waals surface area (Å²) in [5.74, 6) is 0.0192. The molecule has 0 N–H and O–H groups in total. The van der Waals surface area contributed by atoms with Gasteiger partial charge in [-0.2, -0.15) is 0 Å². The van der Waals surface area contributed by atoms with Crippen LogP contribution in [0.3, 0.4) is 0 Å². The molecule has 1 aromatic heterocycles. The number of thiazole rings is 1. The van der Waals surface area contributed by atoms with E-state index < -0.39 is 0 Å². The number of halogens is 1. The maximum Gasteiger partial charge on any atom is 0.227 e. The Morgan fingerprint density at radius 3 is 2.64 bits per heavy atom. The van der Waals surface area contributed by atoms with Crippen LogP contribution < -0.4 is 0 Å². The number of hydrogen-bond donors (Lipinski definition) is 0. The van der Waals surface area contributed by atoms with Gasteiger partial charge in [0, 0.05) is 38.5 Å². The molecule has 1 unspecified atom stereocenters. The first-order chi connectivity index (χ1) is 10.4. The molecule has 2 aliphatic rings. The van der Waals surface area contributed by atoms with Crippen molar-refractivity contribution in [1.29, 1.82) is 0 Å². The molecule has 5 nitrogen and oxygen atoms in total. The van der Waals surface area contributed by atoms with Gasteiger partial charge in [-0.15, -0.1) is 11.3 Å². The van der Waals surface area contributed by atoms with Crippen LogP contribution in [-0.2, 0) is 15.0 Å². The summed E-state index contributed by atoms with van der Waals surface area (Å²) < 4.78 is 0.710. The van der Waals surface area contributed by atoms with Crippen LogP contribution in [0.4, 0.5) is 0 Å². The number of aromatic nitrogens is 1. The first kappa shape index (κ1) is 15.7. The van der Waals surface area contributed by atoms with Gasteiger partial charge in [0.1, 0.15) is 9.34 Å². The molecule has 0 saturated carbocycles. The van der Waals surface area contributed by atoms with Crippen molar-refractivity contribution >= 4 is 34.8 Å². The van der Waals surface area contributed by atoms with Crippen LogP contribution in [0.2, 0.25) is 4.34 Å². The molecule has 1 aromatic rings. The molecular formula is C15H20ClN3O2S. The van der Waals surface area contributed by atoms with E-state index in [1.54, 1.807) is 18.1 Å². The van der Waals surface area contributed by atoms with Crippen LogP contribution >= 0.6 is 22.9 Å². The Morgan fingerprint density at radius 1 is 1.45 bits per heavy atom. The number of carbonyl (C=O) groups excluding carboxylic acids is 2. The Morgan fingerprint density at radius 2 is 2.14 bits per heavy atom. The average Bonchev–Trinajstić information content (AvgIpc) is 3.06. The van der Waals surface area contributed by atoms with E-state index in [1.165, 1.54) is 11.3 Å². The lowest BCUT2D eigenvalue weighted by atomic mass is 9.80. The predicted molar refractivity (Wildman–Crippen MR) is 86.0 cm³/mol. The van der Waals surface area contributed by atoms with Gasteiger partial charge in [0.15, 0.2) is 0 Å². The molecule has 7 heteroatoms. The summed E-state index contributed by atoms with van der Waals surface area (Å²) in [5, 5.41) is 1.06. The lowest BCUT2D eigenvalue weighted by molar-refractivity contribution is -0.137. The summed E-state index contributed by atoms with van der Waals surface area (Å²) >= 11 is 7.52. The molecule has 2 amide bonds. The third-order valence-corrected chi connectivity index (χ3v) is 6.28. The molecule has 0 aliphatic carbocycles. The average molecular weight is 342 g/mol. The quantitative estimate of drug-likeness (QED) is 0.828. The second kappa shape index (κ2) is 5.81. The number of rotatable bonds is 2. The molecule has 120 valence electrons. The molecule has 0 bridgehead atoms. The fourth-order valence-corrected chi connectivity index (χ4v) is 4.37. The molecule has 0 radical (unpaired) electrons. The minimum Gasteiger partial charge on any atom is -0.345 e. The summed E-state index contributed by atoms with van der Waals surface area (Å²) in [4.78, 5) is 32.1. The molecule has 2 saturated heterocycles. The number of carbonyl (C=O) groups is 2. The topological polar surface area (TPSA) is 53.5 Å². The maximum absolute atomic E-state index is 12.6. The van der Waals surface area contributed by atoms with E-state index >= 15 is 0 Å². The Labute approximate surface area is 139 Å². The Bertz CT molecular complexity index is 595. The van der Waals surface area contributed by atoms with E-state index in [-0.39, 0.29) is 23.1 Å². The van der Waals surface area contributed by atoms with Crippen molar-refractivity contribution < 1.29 is 9.59 Å². The summed E-state index contributed by atoms with van der Waals surface area (Å²) in [5.41, 5.74) is -0.00310. The number of amides is 2. The Hall–Kier alpha value is -1.14. The predicted octanol–water partition coefficient (Wildman–Crippen LogP) is 2.15. The first-order valence-corrected chi connectivity index (χ1v) is 8.73. The van der Waals surface area contributed by atoms with Gasteiger partial charge in [0.2, 0.25) is 11.8 Å². The minimum atomic E-state index is -0.170. The number of hydrogen-bond acceptors (Lipinski definition) is 4. The van der Waals surface area contributed by atoms with E-state index in [0.29, 0.717) is 17.3 Å². The monoisotopic (exact) mass is 341 g/mol. The zero-order valence-electron chi connectivity index (χ0n) is 12.8. The second-order valence-corrected chi connectivity index (χ2v) is 8.19. The largest absolute Gasteiger partial charge is 0.345 e. The van der Waals surface area contributed by atoms with Crippen LogP contribution in [0.15, 0.2) is 6.20 Å². The summed E-state index contributed by atoms with van der Waals surface area (Å²) in [6.07, 6.45) is 3.83. The maximum atomic E-state index is 12.6. The van der Waals surface area contributed by atoms with Crippen LogP contribution in [0.1, 0.15) is 31.2 Å². The van der Waals surface area contributed by atoms with E-state index in [4.69, 9.17) is 11.6 Å². The van der Waals surface area contributed by atoms with Crippen LogP contribution in [0.5, 0.6) is 0 Å². The molecule has 1 atom stereocenters. The molecule has 22 heavy (non-hydrogen) atoms. The van der Waals surface area contributed by atoms with Crippen molar-refractivity contribution in [1.82, 2.24) is 14.8 Å². The first-order valence-electron chi connectivity index (χ1n) is 7.53. The fraction of sp³-hybridized carbons (Fsp3) is 0.667. The van der Waals surface area contributed by atoms with Gasteiger partial charge in [-0.1, -0.05) is 18.5 Å². The minimum absolute atomic E-state index is 0.00310. The molecule has 3 heterocycles. The van der Waals surface area contributed by atoms with Gasteiger partial charge >= 0.3 is 0 Å². The van der Waals surface area contributed by atoms with Crippen LogP contribution in [0.25, 0.3) is 0 Å². The van der Waals surface area contributed by atoms with Crippen molar-refractivity contribution in [2.75, 3.05) is 26.7 Å². The van der Waals surface area contributed by atoms with E-state index in [0.717, 1.165) is 30.9 Å². The van der Waals surface area contributed by atoms with Gasteiger partial charge in [0.05, 0.1) is 12.1 Å². The van der Waals surface area contributed by atoms with Gasteiger partial charge in [0.25, 0.3) is 0 Å². The number of nitrogens with zero attached hydrogens (tertiary/aromatic N) is 3. The van der Waals surface area contributed by atoms with Gasteiger partial charge in [-0.25, -0.2) is 4.98 Å². The summed E-state index contributed by atoms with van der Waals surface area (Å²) in [6, 6.07) is 0. The molecule has 2 aliphatic heterocycles. The summed E-state index contributed by atoms with van der Waals surface area (Å²) in [7, 11) is 1.76. The van der Waals surface area contributed by atoms with E-state index in [1.807, 2.05) is 4.90 Å². The fourth-order valence-electron chi connectivity index (χ4n) is 3.26. The highest BCUT2D eigenvalue weighted by Gasteiger charge is 2.39. The molecular weight excluding hydrogens is 322 g/mol. The van der Waals surface area contributed by atoms with E-state index in [2.05, 4.69) is 11.9 Å². The zero-order valence-corrected chi connectivity index (χ0v) is 14.4. The Kier molecular flexibility index (Phi) is 4.16. The standard InChI is InChI=1S/C15H20ClN3O2S/c1-15(14-17-8-11(16)22-14)3-5-19(6-4-15)13(21)10-7-12(20)18(2)9-10/h8,10H,3-7,9H2,1-2H3. The SMILES string of the molecule is CN1CC(C(=O)N2CCC(C)(c3ncc(Cl)s3)CC2)CC1=O. The van der Waals surface area contributed by atoms with Gasteiger partial charge in [-0.05, 0) is 12.8 Å². The second-order valence-electron chi connectivity index (χ2n) is 6.53. The van der Waals surface area contributed by atoms with Crippen molar-refractivity contribution in [2.45, 2.75) is 31.6 Å². The molecule has 0 aromatic carbocycles. The van der Waals surface area contributed by atoms with Crippen LogP contribution in [0, 0.1) is 5.92 Å². The molecule has 0 spiro atoms. The highest BCUT2D eigenvalue weighted by Crippen LogP contribution is 2.38. The van der Waals surface area contributed by atoms with Crippen molar-refractivity contribution in [2.24, 2.45) is 5.92 Å².